The molecule has 0 N–H and O–H groups in total. The van der Waals surface area contributed by atoms with E-state index in [0.29, 0.717) is 12.5 Å². The van der Waals surface area contributed by atoms with Crippen LogP contribution in [0.5, 0.6) is 5.75 Å². The minimum atomic E-state index is -1.74. The summed E-state index contributed by atoms with van der Waals surface area (Å²) in [4.78, 5) is 25.4. The SMILES string of the molecule is CCCCCCCCCCCCCOC(=O)C(CC)(CC)C(=O)Oc1ccc(F)c(F)c1F. The molecule has 0 saturated carbocycles. The fraction of sp³-hybridized carbons (Fsp3) is 0.692. The van der Waals surface area contributed by atoms with Crippen LogP contribution >= 0.6 is 0 Å². The molecule has 33 heavy (non-hydrogen) atoms. The summed E-state index contributed by atoms with van der Waals surface area (Å²) in [6.07, 6.45) is 13.0. The highest BCUT2D eigenvalue weighted by molar-refractivity contribution is 6.00. The summed E-state index contributed by atoms with van der Waals surface area (Å²) < 4.78 is 50.7. The van der Waals surface area contributed by atoms with Gasteiger partial charge in [-0.3, -0.25) is 9.59 Å². The van der Waals surface area contributed by atoms with Crippen LogP contribution < -0.4 is 4.74 Å². The van der Waals surface area contributed by atoms with Gasteiger partial charge in [-0.25, -0.2) is 8.78 Å². The minimum Gasteiger partial charge on any atom is -0.465 e. The molecule has 0 saturated heterocycles. The highest BCUT2D eigenvalue weighted by atomic mass is 19.2. The summed E-state index contributed by atoms with van der Waals surface area (Å²) in [5.74, 6) is -7.29. The fourth-order valence-electron chi connectivity index (χ4n) is 3.76. The molecule has 0 spiro atoms. The Labute approximate surface area is 196 Å². The molecule has 0 atom stereocenters. The highest BCUT2D eigenvalue weighted by Crippen LogP contribution is 2.32. The summed E-state index contributed by atoms with van der Waals surface area (Å²) in [5.41, 5.74) is -1.63. The molecule has 1 aromatic rings. The largest absolute Gasteiger partial charge is 0.465 e. The third-order valence-corrected chi connectivity index (χ3v) is 6.17. The van der Waals surface area contributed by atoms with Crippen molar-refractivity contribution in [3.8, 4) is 5.75 Å². The van der Waals surface area contributed by atoms with Gasteiger partial charge in [0, 0.05) is 0 Å². The Morgan fingerprint density at radius 3 is 1.76 bits per heavy atom. The van der Waals surface area contributed by atoms with Crippen LogP contribution in [0.4, 0.5) is 13.2 Å². The van der Waals surface area contributed by atoms with Crippen LogP contribution in [-0.4, -0.2) is 18.5 Å². The molecule has 0 radical (unpaired) electrons. The number of halogens is 3. The molecule has 0 amide bonds. The second-order valence-corrected chi connectivity index (χ2v) is 8.52. The summed E-state index contributed by atoms with van der Waals surface area (Å²) >= 11 is 0. The van der Waals surface area contributed by atoms with E-state index in [-0.39, 0.29) is 19.4 Å². The van der Waals surface area contributed by atoms with E-state index in [1.807, 2.05) is 0 Å². The average Bonchev–Trinajstić information content (AvgIpc) is 2.81. The maximum Gasteiger partial charge on any atom is 0.328 e. The van der Waals surface area contributed by atoms with E-state index in [0.717, 1.165) is 25.3 Å². The first-order valence-corrected chi connectivity index (χ1v) is 12.4. The van der Waals surface area contributed by atoms with Gasteiger partial charge in [0.05, 0.1) is 6.61 Å². The third kappa shape index (κ3) is 9.01. The number of hydrogen-bond donors (Lipinski definition) is 0. The summed E-state index contributed by atoms with van der Waals surface area (Å²) in [5, 5.41) is 0. The van der Waals surface area contributed by atoms with Crippen LogP contribution in [0.3, 0.4) is 0 Å². The van der Waals surface area contributed by atoms with Crippen LogP contribution in [0, 0.1) is 22.9 Å². The lowest BCUT2D eigenvalue weighted by Gasteiger charge is -2.26. The quantitative estimate of drug-likeness (QED) is 0.0767. The number of carbonyl (C=O) groups excluding carboxylic acids is 2. The predicted octanol–water partition coefficient (Wildman–Crippen LogP) is 7.67. The van der Waals surface area contributed by atoms with Crippen molar-refractivity contribution < 1.29 is 32.2 Å². The molecule has 0 aliphatic rings. The Balaban J connectivity index is 2.43. The van der Waals surface area contributed by atoms with Crippen molar-refractivity contribution in [3.63, 3.8) is 0 Å². The Morgan fingerprint density at radius 1 is 0.727 bits per heavy atom. The molecule has 0 fully saturated rings. The highest BCUT2D eigenvalue weighted by Gasteiger charge is 2.46. The van der Waals surface area contributed by atoms with Crippen molar-refractivity contribution in [1.29, 1.82) is 0 Å². The van der Waals surface area contributed by atoms with E-state index in [4.69, 9.17) is 9.47 Å². The van der Waals surface area contributed by atoms with Gasteiger partial charge in [-0.1, -0.05) is 85.0 Å². The number of hydrogen-bond acceptors (Lipinski definition) is 4. The first-order chi connectivity index (χ1) is 15.8. The maximum atomic E-state index is 13.9. The molecule has 0 unspecified atom stereocenters. The van der Waals surface area contributed by atoms with Gasteiger partial charge in [-0.05, 0) is 31.4 Å². The van der Waals surface area contributed by atoms with Crippen molar-refractivity contribution in [2.45, 2.75) is 104 Å². The van der Waals surface area contributed by atoms with Gasteiger partial charge in [0.25, 0.3) is 0 Å². The maximum absolute atomic E-state index is 13.9. The molecule has 0 aliphatic heterocycles. The van der Waals surface area contributed by atoms with Gasteiger partial charge in [-0.2, -0.15) is 4.39 Å². The van der Waals surface area contributed by atoms with Gasteiger partial charge in [0.2, 0.25) is 5.82 Å². The van der Waals surface area contributed by atoms with E-state index in [2.05, 4.69) is 6.92 Å². The average molecular weight is 473 g/mol. The number of carbonyl (C=O) groups is 2. The standard InChI is InChI=1S/C26H39F3O4/c1-4-7-8-9-10-11-12-13-14-15-16-19-32-24(30)26(5-2,6-3)25(31)33-21-18-17-20(27)22(28)23(21)29/h17-18H,4-16,19H2,1-3H3. The van der Waals surface area contributed by atoms with Crippen LogP contribution in [0.15, 0.2) is 12.1 Å². The van der Waals surface area contributed by atoms with Crippen LogP contribution in [-0.2, 0) is 14.3 Å². The molecular weight excluding hydrogens is 433 g/mol. The monoisotopic (exact) mass is 472 g/mol. The number of benzene rings is 1. The number of esters is 2. The second-order valence-electron chi connectivity index (χ2n) is 8.52. The second kappa shape index (κ2) is 15.7. The Hall–Kier alpha value is -2.05. The van der Waals surface area contributed by atoms with E-state index in [9.17, 15) is 22.8 Å². The van der Waals surface area contributed by atoms with E-state index in [1.54, 1.807) is 13.8 Å². The number of ether oxygens (including phenoxy) is 2. The molecule has 0 aromatic heterocycles. The molecule has 188 valence electrons. The van der Waals surface area contributed by atoms with Crippen LogP contribution in [0.25, 0.3) is 0 Å². The first kappa shape index (κ1) is 29.0. The molecule has 1 aromatic carbocycles. The zero-order valence-corrected chi connectivity index (χ0v) is 20.3. The van der Waals surface area contributed by atoms with Crippen LogP contribution in [0.2, 0.25) is 0 Å². The topological polar surface area (TPSA) is 52.6 Å². The lowest BCUT2D eigenvalue weighted by Crippen LogP contribution is -2.42. The Bertz CT molecular complexity index is 732. The summed E-state index contributed by atoms with van der Waals surface area (Å²) in [7, 11) is 0. The molecule has 0 aliphatic carbocycles. The predicted molar refractivity (Wildman–Crippen MR) is 122 cm³/mol. The van der Waals surface area contributed by atoms with E-state index >= 15 is 0 Å². The smallest absolute Gasteiger partial charge is 0.328 e. The number of unbranched alkanes of at least 4 members (excludes halogenated alkanes) is 10. The van der Waals surface area contributed by atoms with Crippen molar-refractivity contribution in [1.82, 2.24) is 0 Å². The first-order valence-electron chi connectivity index (χ1n) is 12.4. The van der Waals surface area contributed by atoms with Crippen molar-refractivity contribution >= 4 is 11.9 Å². The van der Waals surface area contributed by atoms with Crippen molar-refractivity contribution in [2.24, 2.45) is 5.41 Å². The zero-order valence-electron chi connectivity index (χ0n) is 20.3. The van der Waals surface area contributed by atoms with E-state index in [1.165, 1.54) is 44.9 Å². The Morgan fingerprint density at radius 2 is 1.24 bits per heavy atom. The van der Waals surface area contributed by atoms with E-state index < -0.39 is 40.6 Å². The molecule has 0 heterocycles. The molecular formula is C26H39F3O4. The van der Waals surface area contributed by atoms with Crippen molar-refractivity contribution in [2.75, 3.05) is 6.61 Å². The van der Waals surface area contributed by atoms with Gasteiger partial charge in [-0.15, -0.1) is 0 Å². The van der Waals surface area contributed by atoms with Gasteiger partial charge in [0.15, 0.2) is 22.8 Å². The number of rotatable bonds is 17. The van der Waals surface area contributed by atoms with Gasteiger partial charge >= 0.3 is 11.9 Å². The lowest BCUT2D eigenvalue weighted by atomic mass is 9.82. The molecule has 4 nitrogen and oxygen atoms in total. The Kier molecular flexibility index (Phi) is 13.8. The summed E-state index contributed by atoms with van der Waals surface area (Å²) in [6, 6.07) is 1.48. The third-order valence-electron chi connectivity index (χ3n) is 6.17. The minimum absolute atomic E-state index is 0.0741. The molecule has 7 heteroatoms. The molecule has 0 bridgehead atoms. The fourth-order valence-corrected chi connectivity index (χ4v) is 3.76. The van der Waals surface area contributed by atoms with Crippen LogP contribution in [0.1, 0.15) is 104 Å². The summed E-state index contributed by atoms with van der Waals surface area (Å²) in [6.45, 7) is 5.64. The van der Waals surface area contributed by atoms with Gasteiger partial charge in [0.1, 0.15) is 0 Å². The lowest BCUT2D eigenvalue weighted by molar-refractivity contribution is -0.168. The zero-order chi connectivity index (χ0) is 24.7. The molecule has 1 rings (SSSR count). The van der Waals surface area contributed by atoms with Crippen molar-refractivity contribution in [3.05, 3.63) is 29.6 Å². The normalized spacial score (nSPS) is 11.5. The van der Waals surface area contributed by atoms with Gasteiger partial charge < -0.3 is 9.47 Å².